The number of para-hydroxylation sites is 1. The molecule has 0 aliphatic carbocycles. The average Bonchev–Trinajstić information content (AvgIpc) is 3.49. The van der Waals surface area contributed by atoms with Crippen molar-refractivity contribution in [2.24, 2.45) is 0 Å². The Balaban J connectivity index is 1.57. The van der Waals surface area contributed by atoms with Gasteiger partial charge >= 0.3 is 0 Å². The molecule has 0 spiro atoms. The molecule has 5 aromatic rings. The van der Waals surface area contributed by atoms with Gasteiger partial charge in [-0.25, -0.2) is 22.8 Å². The Morgan fingerprint density at radius 1 is 0.971 bits per heavy atom. The van der Waals surface area contributed by atoms with E-state index in [1.807, 2.05) is 35.2 Å². The third-order valence-electron chi connectivity index (χ3n) is 5.99. The Hall–Kier alpha value is -4.11. The summed E-state index contributed by atoms with van der Waals surface area (Å²) in [5.41, 5.74) is 0.458. The van der Waals surface area contributed by atoms with Crippen molar-refractivity contribution in [1.82, 2.24) is 19.7 Å². The number of halogens is 3. The van der Waals surface area contributed by atoms with Crippen LogP contribution in [0.5, 0.6) is 0 Å². The number of aliphatic hydroxyl groups is 1. The van der Waals surface area contributed by atoms with Gasteiger partial charge in [-0.15, -0.1) is 0 Å². The molecule has 9 heteroatoms. The third kappa shape index (κ3) is 4.76. The lowest BCUT2D eigenvalue weighted by Gasteiger charge is -2.36. The van der Waals surface area contributed by atoms with Crippen LogP contribution in [-0.4, -0.2) is 31.4 Å². The van der Waals surface area contributed by atoms with Gasteiger partial charge in [0.05, 0.1) is 13.1 Å². The van der Waals surface area contributed by atoms with Crippen molar-refractivity contribution in [3.05, 3.63) is 114 Å². The second kappa shape index (κ2) is 9.27. The van der Waals surface area contributed by atoms with E-state index in [-0.39, 0.29) is 31.0 Å². The Labute approximate surface area is 199 Å². The van der Waals surface area contributed by atoms with Gasteiger partial charge in [0, 0.05) is 41.0 Å². The SMILES string of the molecule is OC(CN(Cc1c[nH]c2ccc(F)cc12)c1ccccc1)(Cn1cncn1)c1ccc(F)cc1F. The highest BCUT2D eigenvalue weighted by atomic mass is 19.1. The molecule has 2 N–H and O–H groups in total. The van der Waals surface area contributed by atoms with E-state index >= 15 is 0 Å². The number of benzene rings is 3. The molecule has 0 bridgehead atoms. The largest absolute Gasteiger partial charge is 0.381 e. The number of aromatic amines is 1. The van der Waals surface area contributed by atoms with Crippen molar-refractivity contribution in [1.29, 1.82) is 0 Å². The van der Waals surface area contributed by atoms with E-state index in [4.69, 9.17) is 0 Å². The first-order chi connectivity index (χ1) is 16.9. The van der Waals surface area contributed by atoms with Crippen LogP contribution in [0.2, 0.25) is 0 Å². The molecule has 0 amide bonds. The van der Waals surface area contributed by atoms with E-state index in [0.717, 1.165) is 28.9 Å². The van der Waals surface area contributed by atoms with Crippen molar-refractivity contribution in [3.63, 3.8) is 0 Å². The molecule has 5 rings (SSSR count). The van der Waals surface area contributed by atoms with Crippen LogP contribution < -0.4 is 4.90 Å². The van der Waals surface area contributed by atoms with Gasteiger partial charge in [-0.1, -0.05) is 24.3 Å². The van der Waals surface area contributed by atoms with Gasteiger partial charge in [0.2, 0.25) is 0 Å². The van der Waals surface area contributed by atoms with E-state index in [1.165, 1.54) is 35.5 Å². The van der Waals surface area contributed by atoms with Gasteiger partial charge in [-0.2, -0.15) is 5.10 Å². The summed E-state index contributed by atoms with van der Waals surface area (Å²) in [4.78, 5) is 8.92. The molecule has 0 aliphatic rings. The van der Waals surface area contributed by atoms with Crippen LogP contribution in [0.15, 0.2) is 85.6 Å². The van der Waals surface area contributed by atoms with E-state index < -0.39 is 17.2 Å². The fourth-order valence-corrected chi connectivity index (χ4v) is 4.35. The predicted molar refractivity (Wildman–Crippen MR) is 126 cm³/mol. The highest BCUT2D eigenvalue weighted by molar-refractivity contribution is 5.83. The molecule has 0 aliphatic heterocycles. The Morgan fingerprint density at radius 3 is 2.49 bits per heavy atom. The normalized spacial score (nSPS) is 13.1. The summed E-state index contributed by atoms with van der Waals surface area (Å²) in [5, 5.41) is 16.7. The zero-order valence-corrected chi connectivity index (χ0v) is 18.6. The lowest BCUT2D eigenvalue weighted by Crippen LogP contribution is -2.44. The highest BCUT2D eigenvalue weighted by Crippen LogP contribution is 2.31. The van der Waals surface area contributed by atoms with Gasteiger partial charge in [0.1, 0.15) is 35.7 Å². The number of anilines is 1. The van der Waals surface area contributed by atoms with Crippen molar-refractivity contribution in [3.8, 4) is 0 Å². The van der Waals surface area contributed by atoms with Gasteiger partial charge in [0.15, 0.2) is 0 Å². The van der Waals surface area contributed by atoms with Crippen LogP contribution in [0.3, 0.4) is 0 Å². The van der Waals surface area contributed by atoms with E-state index in [0.29, 0.717) is 5.39 Å². The molecular formula is C26H22F3N5O. The van der Waals surface area contributed by atoms with Crippen molar-refractivity contribution >= 4 is 16.6 Å². The van der Waals surface area contributed by atoms with Crippen LogP contribution in [0, 0.1) is 17.5 Å². The number of rotatable bonds is 8. The number of aromatic nitrogens is 4. The summed E-state index contributed by atoms with van der Waals surface area (Å²) < 4.78 is 44.0. The van der Waals surface area contributed by atoms with Crippen LogP contribution in [0.1, 0.15) is 11.1 Å². The van der Waals surface area contributed by atoms with Crippen LogP contribution in [0.4, 0.5) is 18.9 Å². The third-order valence-corrected chi connectivity index (χ3v) is 5.99. The maximum atomic E-state index is 14.9. The summed E-state index contributed by atoms with van der Waals surface area (Å²) >= 11 is 0. The summed E-state index contributed by atoms with van der Waals surface area (Å²) in [5.74, 6) is -1.97. The molecule has 0 fully saturated rings. The molecule has 2 aromatic heterocycles. The van der Waals surface area contributed by atoms with E-state index in [1.54, 1.807) is 12.3 Å². The molecular weight excluding hydrogens is 455 g/mol. The fourth-order valence-electron chi connectivity index (χ4n) is 4.35. The topological polar surface area (TPSA) is 70.0 Å². The molecule has 6 nitrogen and oxygen atoms in total. The van der Waals surface area contributed by atoms with Crippen molar-refractivity contribution < 1.29 is 18.3 Å². The second-order valence-corrected chi connectivity index (χ2v) is 8.44. The average molecular weight is 477 g/mol. The standard InChI is InChI=1S/C26H22F3N5O/c27-19-7-9-25-22(10-19)18(12-31-25)13-33(21-4-2-1-3-5-21)14-26(35,15-34-17-30-16-32-34)23-8-6-20(28)11-24(23)29/h1-12,16-17,31,35H,13-15H2. The van der Waals surface area contributed by atoms with Crippen LogP contribution in [0.25, 0.3) is 10.9 Å². The highest BCUT2D eigenvalue weighted by Gasteiger charge is 2.36. The smallest absolute Gasteiger partial charge is 0.137 e. The van der Waals surface area contributed by atoms with E-state index in [9.17, 15) is 18.3 Å². The Kier molecular flexibility index (Phi) is 6.00. The summed E-state index contributed by atoms with van der Waals surface area (Å²) in [6.45, 7) is 0.0960. The zero-order chi connectivity index (χ0) is 24.4. The molecule has 178 valence electrons. The maximum Gasteiger partial charge on any atom is 0.137 e. The molecule has 0 saturated heterocycles. The molecule has 35 heavy (non-hydrogen) atoms. The summed E-state index contributed by atoms with van der Waals surface area (Å²) in [7, 11) is 0. The van der Waals surface area contributed by atoms with Gasteiger partial charge < -0.3 is 15.0 Å². The number of hydrogen-bond donors (Lipinski definition) is 2. The summed E-state index contributed by atoms with van der Waals surface area (Å²) in [6.07, 6.45) is 4.52. The van der Waals surface area contributed by atoms with Gasteiger partial charge in [-0.3, -0.25) is 0 Å². The lowest BCUT2D eigenvalue weighted by molar-refractivity contribution is 0.0182. The molecule has 0 saturated carbocycles. The molecule has 0 radical (unpaired) electrons. The maximum absolute atomic E-state index is 14.9. The number of fused-ring (bicyclic) bond motifs is 1. The Bertz CT molecular complexity index is 1440. The van der Waals surface area contributed by atoms with E-state index in [2.05, 4.69) is 15.1 Å². The molecule has 1 unspecified atom stereocenters. The minimum absolute atomic E-state index is 0.0680. The van der Waals surface area contributed by atoms with Crippen molar-refractivity contribution in [2.45, 2.75) is 18.7 Å². The molecule has 3 aromatic carbocycles. The van der Waals surface area contributed by atoms with Crippen LogP contribution in [-0.2, 0) is 18.7 Å². The second-order valence-electron chi connectivity index (χ2n) is 8.44. The number of nitrogens with one attached hydrogen (secondary N) is 1. The van der Waals surface area contributed by atoms with Crippen molar-refractivity contribution in [2.75, 3.05) is 11.4 Å². The first kappa shape index (κ1) is 22.7. The first-order valence-electron chi connectivity index (χ1n) is 11.0. The predicted octanol–water partition coefficient (Wildman–Crippen LogP) is 4.77. The van der Waals surface area contributed by atoms with Gasteiger partial charge in [0.25, 0.3) is 0 Å². The fraction of sp³-hybridized carbons (Fsp3) is 0.154. The number of nitrogens with zero attached hydrogens (tertiary/aromatic N) is 4. The quantitative estimate of drug-likeness (QED) is 0.338. The number of H-pyrrole nitrogens is 1. The minimum atomic E-state index is -1.81. The van der Waals surface area contributed by atoms with Gasteiger partial charge in [-0.05, 0) is 42.0 Å². The zero-order valence-electron chi connectivity index (χ0n) is 18.6. The first-order valence-corrected chi connectivity index (χ1v) is 11.0. The molecule has 1 atom stereocenters. The Morgan fingerprint density at radius 2 is 1.74 bits per heavy atom. The molecule has 2 heterocycles. The minimum Gasteiger partial charge on any atom is -0.381 e. The lowest BCUT2D eigenvalue weighted by atomic mass is 9.91. The van der Waals surface area contributed by atoms with Crippen LogP contribution >= 0.6 is 0 Å². The monoisotopic (exact) mass is 477 g/mol. The number of hydrogen-bond acceptors (Lipinski definition) is 4. The summed E-state index contributed by atoms with van der Waals surface area (Å²) in [6, 6.07) is 16.9.